The average Bonchev–Trinajstić information content (AvgIpc) is 1.81. The monoisotopic (exact) mass is 172 g/mol. The van der Waals surface area contributed by atoms with Crippen molar-refractivity contribution in [3.05, 3.63) is 24.8 Å². The van der Waals surface area contributed by atoms with Gasteiger partial charge in [0.2, 0.25) is 0 Å². The summed E-state index contributed by atoms with van der Waals surface area (Å²) in [5.74, 6) is -4.76. The van der Waals surface area contributed by atoms with E-state index in [2.05, 4.69) is 6.58 Å². The normalized spacial score (nSPS) is 13.9. The van der Waals surface area contributed by atoms with Gasteiger partial charge in [-0.3, -0.25) is 0 Å². The molecule has 0 saturated heterocycles. The van der Waals surface area contributed by atoms with E-state index in [1.807, 2.05) is 0 Å². The molecule has 0 aromatic rings. The van der Waals surface area contributed by atoms with Crippen LogP contribution in [0.2, 0.25) is 0 Å². The molecule has 0 fully saturated rings. The van der Waals surface area contributed by atoms with Crippen molar-refractivity contribution >= 4 is 0 Å². The molecule has 0 amide bonds. The second-order valence-electron chi connectivity index (χ2n) is 1.72. The highest BCUT2D eigenvalue weighted by atomic mass is 19.4. The highest BCUT2D eigenvalue weighted by Crippen LogP contribution is 2.36. The van der Waals surface area contributed by atoms with E-state index in [1.165, 1.54) is 0 Å². The first-order chi connectivity index (χ1) is 4.81. The van der Waals surface area contributed by atoms with Crippen LogP contribution in [0, 0.1) is 0 Å². The lowest BCUT2D eigenvalue weighted by Crippen LogP contribution is -2.33. The molecule has 0 saturated carbocycles. The summed E-state index contributed by atoms with van der Waals surface area (Å²) in [5.41, 5.74) is 0. The molecule has 0 aromatic carbocycles. The van der Waals surface area contributed by atoms with E-state index in [9.17, 15) is 22.0 Å². The van der Waals surface area contributed by atoms with Crippen molar-refractivity contribution in [2.24, 2.45) is 0 Å². The first-order valence-corrected chi connectivity index (χ1v) is 2.56. The lowest BCUT2D eigenvalue weighted by Gasteiger charge is -2.14. The topological polar surface area (TPSA) is 0 Å². The first-order valence-electron chi connectivity index (χ1n) is 2.56. The minimum Gasteiger partial charge on any atom is -0.191 e. The van der Waals surface area contributed by atoms with Gasteiger partial charge in [0.25, 0.3) is 0 Å². The fraction of sp³-hybridized carbons (Fsp3) is 0.333. The predicted molar refractivity (Wildman–Crippen MR) is 30.3 cm³/mol. The minimum atomic E-state index is -5.52. The summed E-state index contributed by atoms with van der Waals surface area (Å²) >= 11 is 0. The molecule has 0 atom stereocenters. The van der Waals surface area contributed by atoms with Crippen LogP contribution in [0.4, 0.5) is 22.0 Å². The molecule has 0 nitrogen and oxygen atoms in total. The molecule has 0 spiro atoms. The molecule has 0 aliphatic rings. The highest BCUT2D eigenvalue weighted by Gasteiger charge is 2.55. The molecule has 0 unspecified atom stereocenters. The summed E-state index contributed by atoms with van der Waals surface area (Å²) in [6, 6.07) is 0. The van der Waals surface area contributed by atoms with E-state index in [-0.39, 0.29) is 6.08 Å². The SMILES string of the molecule is C=C/C=C/C(F)(F)C(F)(F)F. The third-order valence-electron chi connectivity index (χ3n) is 0.820. The zero-order valence-corrected chi connectivity index (χ0v) is 5.33. The molecule has 0 aliphatic heterocycles. The molecule has 0 aromatic heterocycles. The summed E-state index contributed by atoms with van der Waals surface area (Å²) in [4.78, 5) is 0. The van der Waals surface area contributed by atoms with Crippen LogP contribution in [0.5, 0.6) is 0 Å². The number of halogens is 5. The Balaban J connectivity index is 4.46. The van der Waals surface area contributed by atoms with Crippen LogP contribution in [0.25, 0.3) is 0 Å². The third kappa shape index (κ3) is 2.69. The van der Waals surface area contributed by atoms with Gasteiger partial charge < -0.3 is 0 Å². The number of hydrogen-bond donors (Lipinski definition) is 0. The van der Waals surface area contributed by atoms with Crippen molar-refractivity contribution in [1.29, 1.82) is 0 Å². The van der Waals surface area contributed by atoms with Gasteiger partial charge in [0.1, 0.15) is 0 Å². The molecule has 0 bridgehead atoms. The predicted octanol–water partition coefficient (Wildman–Crippen LogP) is 2.93. The molecular formula is C6H5F5. The fourth-order valence-corrected chi connectivity index (χ4v) is 0.283. The summed E-state index contributed by atoms with van der Waals surface area (Å²) in [5, 5.41) is 0. The van der Waals surface area contributed by atoms with Gasteiger partial charge in [0.05, 0.1) is 0 Å². The fourth-order valence-electron chi connectivity index (χ4n) is 0.283. The number of rotatable bonds is 2. The molecule has 11 heavy (non-hydrogen) atoms. The molecule has 64 valence electrons. The van der Waals surface area contributed by atoms with Crippen molar-refractivity contribution in [3.8, 4) is 0 Å². The Kier molecular flexibility index (Phi) is 2.78. The Bertz CT molecular complexity index is 164. The summed E-state index contributed by atoms with van der Waals surface area (Å²) < 4.78 is 57.7. The Morgan fingerprint density at radius 3 is 1.73 bits per heavy atom. The van der Waals surface area contributed by atoms with Crippen molar-refractivity contribution < 1.29 is 22.0 Å². The second-order valence-corrected chi connectivity index (χ2v) is 1.72. The van der Waals surface area contributed by atoms with Crippen LogP contribution in [0.3, 0.4) is 0 Å². The van der Waals surface area contributed by atoms with E-state index < -0.39 is 12.1 Å². The van der Waals surface area contributed by atoms with E-state index in [0.29, 0.717) is 6.08 Å². The zero-order valence-electron chi connectivity index (χ0n) is 5.33. The molecule has 0 rings (SSSR count). The van der Waals surface area contributed by atoms with E-state index >= 15 is 0 Å². The van der Waals surface area contributed by atoms with E-state index in [4.69, 9.17) is 0 Å². The maximum absolute atomic E-state index is 11.9. The standard InChI is InChI=1S/C6H5F5/c1-2-3-4-5(7,8)6(9,10)11/h2-4H,1H2/b4-3+. The number of allylic oxidation sites excluding steroid dienone is 3. The lowest BCUT2D eigenvalue weighted by atomic mass is 10.3. The summed E-state index contributed by atoms with van der Waals surface area (Å²) in [6.07, 6.45) is -4.38. The Labute approximate surface area is 60.0 Å². The van der Waals surface area contributed by atoms with Gasteiger partial charge in [-0.2, -0.15) is 22.0 Å². The van der Waals surface area contributed by atoms with Crippen LogP contribution < -0.4 is 0 Å². The van der Waals surface area contributed by atoms with Crippen molar-refractivity contribution in [2.45, 2.75) is 12.1 Å². The molecule has 0 heterocycles. The van der Waals surface area contributed by atoms with Gasteiger partial charge in [-0.25, -0.2) is 0 Å². The van der Waals surface area contributed by atoms with Crippen LogP contribution in [0.15, 0.2) is 24.8 Å². The number of alkyl halides is 5. The van der Waals surface area contributed by atoms with Crippen LogP contribution >= 0.6 is 0 Å². The van der Waals surface area contributed by atoms with Gasteiger partial charge in [-0.05, 0) is 6.08 Å². The number of hydrogen-bond acceptors (Lipinski definition) is 0. The van der Waals surface area contributed by atoms with Crippen LogP contribution in [-0.4, -0.2) is 12.1 Å². The third-order valence-corrected chi connectivity index (χ3v) is 0.820. The average molecular weight is 172 g/mol. The van der Waals surface area contributed by atoms with E-state index in [0.717, 1.165) is 6.08 Å². The largest absolute Gasteiger partial charge is 0.457 e. The molecule has 5 heteroatoms. The molecule has 0 radical (unpaired) electrons. The summed E-state index contributed by atoms with van der Waals surface area (Å²) in [6.45, 7) is 2.96. The van der Waals surface area contributed by atoms with Crippen molar-refractivity contribution in [3.63, 3.8) is 0 Å². The van der Waals surface area contributed by atoms with E-state index in [1.54, 1.807) is 0 Å². The smallest absolute Gasteiger partial charge is 0.191 e. The van der Waals surface area contributed by atoms with Crippen LogP contribution in [-0.2, 0) is 0 Å². The van der Waals surface area contributed by atoms with Gasteiger partial charge in [-0.15, -0.1) is 0 Å². The minimum absolute atomic E-state index is 0.250. The van der Waals surface area contributed by atoms with Gasteiger partial charge >= 0.3 is 12.1 Å². The summed E-state index contributed by atoms with van der Waals surface area (Å²) in [7, 11) is 0. The molecule has 0 aliphatic carbocycles. The highest BCUT2D eigenvalue weighted by molar-refractivity contribution is 5.06. The maximum atomic E-state index is 11.9. The first kappa shape index (κ1) is 10.1. The molecule has 0 N–H and O–H groups in total. The van der Waals surface area contributed by atoms with Gasteiger partial charge in [0.15, 0.2) is 0 Å². The second kappa shape index (κ2) is 3.02. The van der Waals surface area contributed by atoms with Gasteiger partial charge in [-0.1, -0.05) is 18.7 Å². The zero-order chi connectivity index (χ0) is 9.12. The Morgan fingerprint density at radius 2 is 1.45 bits per heavy atom. The Hall–Kier alpha value is -0.870. The van der Waals surface area contributed by atoms with Crippen molar-refractivity contribution in [2.75, 3.05) is 0 Å². The van der Waals surface area contributed by atoms with Crippen molar-refractivity contribution in [1.82, 2.24) is 0 Å². The quantitative estimate of drug-likeness (QED) is 0.443. The Morgan fingerprint density at radius 1 is 1.00 bits per heavy atom. The molecular weight excluding hydrogens is 167 g/mol. The maximum Gasteiger partial charge on any atom is 0.457 e. The lowest BCUT2D eigenvalue weighted by molar-refractivity contribution is -0.259. The van der Waals surface area contributed by atoms with Crippen LogP contribution in [0.1, 0.15) is 0 Å². The van der Waals surface area contributed by atoms with Gasteiger partial charge in [0, 0.05) is 0 Å².